The molecule has 1 amide bonds. The lowest BCUT2D eigenvalue weighted by molar-refractivity contribution is 0.102. The second-order valence-corrected chi connectivity index (χ2v) is 5.03. The lowest BCUT2D eigenvalue weighted by Crippen LogP contribution is -2.19. The molecule has 0 radical (unpaired) electrons. The molecular weight excluding hydrogens is 250 g/mol. The zero-order valence-electron chi connectivity index (χ0n) is 11.4. The topological polar surface area (TPSA) is 54.0 Å². The zero-order valence-corrected chi connectivity index (χ0v) is 11.4. The van der Waals surface area contributed by atoms with Crippen LogP contribution in [0.4, 0.5) is 11.5 Å². The molecule has 0 saturated carbocycles. The summed E-state index contributed by atoms with van der Waals surface area (Å²) in [5.74, 6) is 0.500. The molecule has 4 nitrogen and oxygen atoms in total. The van der Waals surface area contributed by atoms with Crippen molar-refractivity contribution in [3.8, 4) is 0 Å². The van der Waals surface area contributed by atoms with E-state index in [-0.39, 0.29) is 5.91 Å². The van der Waals surface area contributed by atoms with Gasteiger partial charge in [0, 0.05) is 24.0 Å². The van der Waals surface area contributed by atoms with Crippen LogP contribution < -0.4 is 10.6 Å². The number of carbonyl (C=O) groups excluding carboxylic acids is 1. The standard InChI is InChI=1S/C16H17N3O/c1-11-7-9-18-15(10-11)19-16(20)13-4-2-6-14-12(13)5-3-8-17-14/h2,4,6-7,9-10,17H,3,5,8H2,1H3,(H,18,19,20). The molecule has 1 aliphatic rings. The van der Waals surface area contributed by atoms with E-state index in [9.17, 15) is 4.79 Å². The average molecular weight is 267 g/mol. The highest BCUT2D eigenvalue weighted by atomic mass is 16.1. The molecule has 1 aliphatic heterocycles. The molecule has 0 unspecified atom stereocenters. The molecular formula is C16H17N3O. The van der Waals surface area contributed by atoms with E-state index < -0.39 is 0 Å². The van der Waals surface area contributed by atoms with Crippen LogP contribution in [0.1, 0.15) is 27.9 Å². The molecule has 0 saturated heterocycles. The first-order chi connectivity index (χ1) is 9.74. The predicted molar refractivity (Wildman–Crippen MR) is 80.2 cm³/mol. The van der Waals surface area contributed by atoms with E-state index in [0.29, 0.717) is 5.82 Å². The zero-order chi connectivity index (χ0) is 13.9. The van der Waals surface area contributed by atoms with Gasteiger partial charge >= 0.3 is 0 Å². The summed E-state index contributed by atoms with van der Waals surface area (Å²) >= 11 is 0. The number of hydrogen-bond donors (Lipinski definition) is 2. The molecule has 2 N–H and O–H groups in total. The Labute approximate surface area is 118 Å². The number of amides is 1. The fourth-order valence-corrected chi connectivity index (χ4v) is 2.51. The van der Waals surface area contributed by atoms with Crippen LogP contribution in [-0.2, 0) is 6.42 Å². The van der Waals surface area contributed by atoms with Crippen LogP contribution in [0.15, 0.2) is 36.5 Å². The van der Waals surface area contributed by atoms with Gasteiger partial charge in [-0.2, -0.15) is 0 Å². The molecule has 2 aromatic rings. The third-order valence-electron chi connectivity index (χ3n) is 3.50. The van der Waals surface area contributed by atoms with E-state index in [0.717, 1.165) is 41.8 Å². The quantitative estimate of drug-likeness (QED) is 0.879. The van der Waals surface area contributed by atoms with Crippen LogP contribution in [0.3, 0.4) is 0 Å². The minimum absolute atomic E-state index is 0.0938. The predicted octanol–water partition coefficient (Wildman–Crippen LogP) is 3.00. The second-order valence-electron chi connectivity index (χ2n) is 5.03. The lowest BCUT2D eigenvalue weighted by atomic mass is 9.97. The van der Waals surface area contributed by atoms with E-state index in [1.165, 1.54) is 0 Å². The molecule has 0 bridgehead atoms. The maximum Gasteiger partial charge on any atom is 0.257 e. The number of nitrogens with one attached hydrogen (secondary N) is 2. The number of fused-ring (bicyclic) bond motifs is 1. The maximum absolute atomic E-state index is 12.4. The highest BCUT2D eigenvalue weighted by molar-refractivity contribution is 6.05. The number of anilines is 2. The van der Waals surface area contributed by atoms with Crippen molar-refractivity contribution in [3.63, 3.8) is 0 Å². The van der Waals surface area contributed by atoms with Crippen molar-refractivity contribution in [2.45, 2.75) is 19.8 Å². The van der Waals surface area contributed by atoms with Gasteiger partial charge in [0.2, 0.25) is 0 Å². The van der Waals surface area contributed by atoms with Crippen molar-refractivity contribution in [3.05, 3.63) is 53.2 Å². The van der Waals surface area contributed by atoms with Crippen LogP contribution in [-0.4, -0.2) is 17.4 Å². The van der Waals surface area contributed by atoms with Gasteiger partial charge in [0.15, 0.2) is 0 Å². The number of hydrogen-bond acceptors (Lipinski definition) is 3. The number of aryl methyl sites for hydroxylation is 1. The van der Waals surface area contributed by atoms with Gasteiger partial charge in [-0.05, 0) is 55.2 Å². The van der Waals surface area contributed by atoms with Gasteiger partial charge in [0.1, 0.15) is 5.82 Å². The Hall–Kier alpha value is -2.36. The number of benzene rings is 1. The SMILES string of the molecule is Cc1ccnc(NC(=O)c2cccc3c2CCCN3)c1. The van der Waals surface area contributed by atoms with Crippen LogP contribution in [0.2, 0.25) is 0 Å². The third-order valence-corrected chi connectivity index (χ3v) is 3.50. The van der Waals surface area contributed by atoms with Gasteiger partial charge in [-0.3, -0.25) is 4.79 Å². The second kappa shape index (κ2) is 5.33. The Bertz CT molecular complexity index is 652. The van der Waals surface area contributed by atoms with Crippen LogP contribution in [0.25, 0.3) is 0 Å². The van der Waals surface area contributed by atoms with E-state index in [1.54, 1.807) is 6.20 Å². The van der Waals surface area contributed by atoms with E-state index >= 15 is 0 Å². The number of carbonyl (C=O) groups is 1. The van der Waals surface area contributed by atoms with Crippen LogP contribution in [0.5, 0.6) is 0 Å². The van der Waals surface area contributed by atoms with Crippen molar-refractivity contribution in [1.29, 1.82) is 0 Å². The molecule has 0 spiro atoms. The molecule has 4 heteroatoms. The summed E-state index contributed by atoms with van der Waals surface area (Å²) in [4.78, 5) is 16.6. The first-order valence-corrected chi connectivity index (χ1v) is 6.84. The number of pyridine rings is 1. The average Bonchev–Trinajstić information content (AvgIpc) is 2.46. The normalized spacial score (nSPS) is 13.2. The molecule has 0 atom stereocenters. The van der Waals surface area contributed by atoms with E-state index in [1.807, 2.05) is 37.3 Å². The van der Waals surface area contributed by atoms with Gasteiger partial charge in [-0.25, -0.2) is 4.98 Å². The van der Waals surface area contributed by atoms with Crippen molar-refractivity contribution < 1.29 is 4.79 Å². The van der Waals surface area contributed by atoms with E-state index in [4.69, 9.17) is 0 Å². The molecule has 2 heterocycles. The molecule has 102 valence electrons. The minimum Gasteiger partial charge on any atom is -0.385 e. The summed E-state index contributed by atoms with van der Waals surface area (Å²) in [7, 11) is 0. The largest absolute Gasteiger partial charge is 0.385 e. The highest BCUT2D eigenvalue weighted by Gasteiger charge is 2.17. The molecule has 0 fully saturated rings. The Kier molecular flexibility index (Phi) is 3.37. The first-order valence-electron chi connectivity index (χ1n) is 6.84. The van der Waals surface area contributed by atoms with Gasteiger partial charge in [0.05, 0.1) is 0 Å². The van der Waals surface area contributed by atoms with Gasteiger partial charge < -0.3 is 10.6 Å². The number of aromatic nitrogens is 1. The lowest BCUT2D eigenvalue weighted by Gasteiger charge is -2.20. The summed E-state index contributed by atoms with van der Waals surface area (Å²) in [5, 5.41) is 6.21. The monoisotopic (exact) mass is 267 g/mol. The Morgan fingerprint density at radius 2 is 2.25 bits per heavy atom. The highest BCUT2D eigenvalue weighted by Crippen LogP contribution is 2.25. The maximum atomic E-state index is 12.4. The summed E-state index contributed by atoms with van der Waals surface area (Å²) in [5.41, 5.74) is 3.98. The molecule has 3 rings (SSSR count). The van der Waals surface area contributed by atoms with Crippen molar-refractivity contribution >= 4 is 17.4 Å². The molecule has 1 aromatic carbocycles. The van der Waals surface area contributed by atoms with Gasteiger partial charge in [-0.1, -0.05) is 6.07 Å². The Balaban J connectivity index is 1.88. The van der Waals surface area contributed by atoms with Crippen molar-refractivity contribution in [2.75, 3.05) is 17.2 Å². The number of nitrogens with zero attached hydrogens (tertiary/aromatic N) is 1. The summed E-state index contributed by atoms with van der Waals surface area (Å²) in [6.45, 7) is 2.95. The summed E-state index contributed by atoms with van der Waals surface area (Å²) < 4.78 is 0. The molecule has 1 aromatic heterocycles. The fourth-order valence-electron chi connectivity index (χ4n) is 2.51. The molecule has 0 aliphatic carbocycles. The smallest absolute Gasteiger partial charge is 0.257 e. The fraction of sp³-hybridized carbons (Fsp3) is 0.250. The summed E-state index contributed by atoms with van der Waals surface area (Å²) in [6.07, 6.45) is 3.69. The van der Waals surface area contributed by atoms with E-state index in [2.05, 4.69) is 15.6 Å². The third kappa shape index (κ3) is 2.50. The van der Waals surface area contributed by atoms with Gasteiger partial charge in [-0.15, -0.1) is 0 Å². The van der Waals surface area contributed by atoms with Crippen molar-refractivity contribution in [1.82, 2.24) is 4.98 Å². The Morgan fingerprint density at radius 3 is 3.10 bits per heavy atom. The van der Waals surface area contributed by atoms with Crippen LogP contribution in [0, 0.1) is 6.92 Å². The first kappa shape index (κ1) is 12.7. The summed E-state index contributed by atoms with van der Waals surface area (Å²) in [6, 6.07) is 9.58. The van der Waals surface area contributed by atoms with Crippen LogP contribution >= 0.6 is 0 Å². The molecule has 20 heavy (non-hydrogen) atoms. The minimum atomic E-state index is -0.0938. The van der Waals surface area contributed by atoms with Gasteiger partial charge in [0.25, 0.3) is 5.91 Å². The Morgan fingerprint density at radius 1 is 1.35 bits per heavy atom. The number of rotatable bonds is 2. The van der Waals surface area contributed by atoms with Crippen molar-refractivity contribution in [2.24, 2.45) is 0 Å².